The summed E-state index contributed by atoms with van der Waals surface area (Å²) in [4.78, 5) is 0. The Hall–Kier alpha value is -1.56. The van der Waals surface area contributed by atoms with Gasteiger partial charge < -0.3 is 5.11 Å². The van der Waals surface area contributed by atoms with Gasteiger partial charge in [0.1, 0.15) is 17.6 Å². The van der Waals surface area contributed by atoms with Gasteiger partial charge in [-0.25, -0.2) is 4.39 Å². The number of rotatable bonds is 4. The minimum absolute atomic E-state index is 0.0181. The van der Waals surface area contributed by atoms with Crippen molar-refractivity contribution in [3.05, 3.63) is 29.1 Å². The highest BCUT2D eigenvalue weighted by molar-refractivity contribution is 5.49. The quantitative estimate of drug-likeness (QED) is 0.842. The second-order valence-electron chi connectivity index (χ2n) is 3.90. The maximum absolute atomic E-state index is 13.3. The van der Waals surface area contributed by atoms with E-state index in [1.165, 1.54) is 6.07 Å². The van der Waals surface area contributed by atoms with Crippen molar-refractivity contribution in [1.82, 2.24) is 0 Å². The molecule has 0 saturated heterocycles. The predicted molar refractivity (Wildman–Crippen MR) is 60.7 cm³/mol. The molecular weight excluding hydrogens is 205 g/mol. The first kappa shape index (κ1) is 12.5. The minimum atomic E-state index is -0.459. The van der Waals surface area contributed by atoms with Crippen LogP contribution in [0.2, 0.25) is 0 Å². The minimum Gasteiger partial charge on any atom is -0.506 e. The van der Waals surface area contributed by atoms with Gasteiger partial charge in [0.2, 0.25) is 0 Å². The molecule has 0 amide bonds. The Kier molecular flexibility index (Phi) is 4.30. The van der Waals surface area contributed by atoms with E-state index >= 15 is 0 Å². The van der Waals surface area contributed by atoms with Crippen LogP contribution in [-0.4, -0.2) is 5.11 Å². The van der Waals surface area contributed by atoms with Crippen LogP contribution in [0.3, 0.4) is 0 Å². The molecule has 0 bridgehead atoms. The number of nitrogens with zero attached hydrogens (tertiary/aromatic N) is 1. The molecule has 0 heterocycles. The molecule has 0 aromatic heterocycles. The van der Waals surface area contributed by atoms with Gasteiger partial charge in [0, 0.05) is 5.56 Å². The van der Waals surface area contributed by atoms with Crippen molar-refractivity contribution in [1.29, 1.82) is 5.26 Å². The van der Waals surface area contributed by atoms with Gasteiger partial charge in [-0.2, -0.15) is 5.26 Å². The molecule has 2 nitrogen and oxygen atoms in total. The highest BCUT2D eigenvalue weighted by Crippen LogP contribution is 2.34. The zero-order valence-corrected chi connectivity index (χ0v) is 9.63. The molecule has 0 aliphatic heterocycles. The van der Waals surface area contributed by atoms with Crippen LogP contribution in [-0.2, 0) is 0 Å². The van der Waals surface area contributed by atoms with Gasteiger partial charge in [-0.15, -0.1) is 0 Å². The summed E-state index contributed by atoms with van der Waals surface area (Å²) >= 11 is 0. The molecule has 0 saturated carbocycles. The van der Waals surface area contributed by atoms with Gasteiger partial charge in [-0.3, -0.25) is 0 Å². The van der Waals surface area contributed by atoms with Crippen molar-refractivity contribution in [2.75, 3.05) is 0 Å². The van der Waals surface area contributed by atoms with Crippen LogP contribution in [0.4, 0.5) is 4.39 Å². The van der Waals surface area contributed by atoms with Crippen LogP contribution in [0.1, 0.15) is 50.2 Å². The molecule has 0 radical (unpaired) electrons. The van der Waals surface area contributed by atoms with E-state index in [4.69, 9.17) is 5.26 Å². The molecule has 1 unspecified atom stereocenters. The lowest BCUT2D eigenvalue weighted by molar-refractivity contribution is 0.449. The molecule has 1 aromatic carbocycles. The van der Waals surface area contributed by atoms with Gasteiger partial charge in [0.25, 0.3) is 0 Å². The van der Waals surface area contributed by atoms with Crippen molar-refractivity contribution in [2.24, 2.45) is 0 Å². The van der Waals surface area contributed by atoms with Crippen LogP contribution in [0.15, 0.2) is 12.1 Å². The first-order valence-corrected chi connectivity index (χ1v) is 5.56. The van der Waals surface area contributed by atoms with E-state index in [-0.39, 0.29) is 17.2 Å². The van der Waals surface area contributed by atoms with Gasteiger partial charge in [0.15, 0.2) is 0 Å². The Labute approximate surface area is 95.3 Å². The molecule has 16 heavy (non-hydrogen) atoms. The summed E-state index contributed by atoms with van der Waals surface area (Å²) in [5.41, 5.74) is 0.574. The first-order chi connectivity index (χ1) is 7.63. The molecule has 1 aromatic rings. The van der Waals surface area contributed by atoms with Gasteiger partial charge in [-0.1, -0.05) is 20.3 Å². The lowest BCUT2D eigenvalue weighted by Crippen LogP contribution is -1.99. The van der Waals surface area contributed by atoms with E-state index < -0.39 is 5.82 Å². The summed E-state index contributed by atoms with van der Waals surface area (Å²) in [5, 5.41) is 18.6. The normalized spacial score (nSPS) is 12.1. The number of hydrogen-bond acceptors (Lipinski definition) is 2. The maximum atomic E-state index is 13.3. The summed E-state index contributed by atoms with van der Waals surface area (Å²) < 4.78 is 13.3. The number of nitriles is 1. The smallest absolute Gasteiger partial charge is 0.137 e. The van der Waals surface area contributed by atoms with Crippen LogP contribution in [0.5, 0.6) is 5.75 Å². The average molecular weight is 221 g/mol. The van der Waals surface area contributed by atoms with Crippen LogP contribution in [0, 0.1) is 17.1 Å². The second kappa shape index (κ2) is 5.50. The summed E-state index contributed by atoms with van der Waals surface area (Å²) in [7, 11) is 0. The van der Waals surface area contributed by atoms with E-state index in [9.17, 15) is 9.50 Å². The molecule has 1 N–H and O–H groups in total. The molecule has 1 atom stereocenters. The van der Waals surface area contributed by atoms with E-state index in [0.29, 0.717) is 5.56 Å². The van der Waals surface area contributed by atoms with Crippen LogP contribution < -0.4 is 0 Å². The fourth-order valence-electron chi connectivity index (χ4n) is 1.94. The highest BCUT2D eigenvalue weighted by atomic mass is 19.1. The standard InChI is InChI=1S/C13H16FNO/c1-3-5-9(4-2)12-7-11(14)6-10(8-15)13(12)16/h6-7,9,16H,3-5H2,1-2H3. The number of phenols is 1. The summed E-state index contributed by atoms with van der Waals surface area (Å²) in [6.45, 7) is 4.04. The predicted octanol–water partition coefficient (Wildman–Crippen LogP) is 3.70. The molecule has 0 aliphatic carbocycles. The Bertz CT molecular complexity index is 409. The molecule has 3 heteroatoms. The molecule has 0 fully saturated rings. The third-order valence-corrected chi connectivity index (χ3v) is 2.79. The molecule has 0 spiro atoms. The summed E-state index contributed by atoms with van der Waals surface area (Å²) in [5.74, 6) is -0.407. The van der Waals surface area contributed by atoms with Gasteiger partial charge >= 0.3 is 0 Å². The summed E-state index contributed by atoms with van der Waals surface area (Å²) in [6.07, 6.45) is 2.68. The van der Waals surface area contributed by atoms with Crippen LogP contribution in [0.25, 0.3) is 0 Å². The number of aromatic hydroxyl groups is 1. The zero-order chi connectivity index (χ0) is 12.1. The molecule has 86 valence electrons. The summed E-state index contributed by atoms with van der Waals surface area (Å²) in [6, 6.07) is 4.21. The van der Waals surface area contributed by atoms with Crippen molar-refractivity contribution < 1.29 is 9.50 Å². The fraction of sp³-hybridized carbons (Fsp3) is 0.462. The topological polar surface area (TPSA) is 44.0 Å². The lowest BCUT2D eigenvalue weighted by Gasteiger charge is -2.16. The average Bonchev–Trinajstić information content (AvgIpc) is 2.28. The molecule has 1 rings (SSSR count). The van der Waals surface area contributed by atoms with Crippen molar-refractivity contribution in [3.8, 4) is 11.8 Å². The second-order valence-corrected chi connectivity index (χ2v) is 3.90. The third-order valence-electron chi connectivity index (χ3n) is 2.79. The fourth-order valence-corrected chi connectivity index (χ4v) is 1.94. The zero-order valence-electron chi connectivity index (χ0n) is 9.63. The monoisotopic (exact) mass is 221 g/mol. The first-order valence-electron chi connectivity index (χ1n) is 5.56. The number of hydrogen-bond donors (Lipinski definition) is 1. The van der Waals surface area contributed by atoms with Gasteiger partial charge in [-0.05, 0) is 30.9 Å². The Balaban J connectivity index is 3.21. The Morgan fingerprint density at radius 1 is 1.44 bits per heavy atom. The third kappa shape index (κ3) is 2.52. The van der Waals surface area contributed by atoms with E-state index in [2.05, 4.69) is 0 Å². The van der Waals surface area contributed by atoms with E-state index in [1.54, 1.807) is 0 Å². The highest BCUT2D eigenvalue weighted by Gasteiger charge is 2.17. The van der Waals surface area contributed by atoms with Crippen molar-refractivity contribution in [2.45, 2.75) is 39.0 Å². The van der Waals surface area contributed by atoms with E-state index in [0.717, 1.165) is 25.3 Å². The van der Waals surface area contributed by atoms with E-state index in [1.807, 2.05) is 19.9 Å². The maximum Gasteiger partial charge on any atom is 0.137 e. The number of halogens is 1. The number of phenolic OH excluding ortho intramolecular Hbond substituents is 1. The lowest BCUT2D eigenvalue weighted by atomic mass is 9.90. The Morgan fingerprint density at radius 2 is 2.12 bits per heavy atom. The Morgan fingerprint density at radius 3 is 2.62 bits per heavy atom. The molecular formula is C13H16FNO. The molecule has 0 aliphatic rings. The van der Waals surface area contributed by atoms with Gasteiger partial charge in [0.05, 0.1) is 5.56 Å². The largest absolute Gasteiger partial charge is 0.506 e. The van der Waals surface area contributed by atoms with Crippen molar-refractivity contribution in [3.63, 3.8) is 0 Å². The SMILES string of the molecule is CCCC(CC)c1cc(F)cc(C#N)c1O. The van der Waals surface area contributed by atoms with Crippen molar-refractivity contribution >= 4 is 0 Å². The number of benzene rings is 1. The van der Waals surface area contributed by atoms with Crippen LogP contribution >= 0.6 is 0 Å².